The van der Waals surface area contributed by atoms with Gasteiger partial charge in [0.1, 0.15) is 11.9 Å². The van der Waals surface area contributed by atoms with Crippen molar-refractivity contribution in [2.24, 2.45) is 7.05 Å². The molecule has 2 unspecified atom stereocenters. The summed E-state index contributed by atoms with van der Waals surface area (Å²) in [6.45, 7) is 3.02. The third-order valence-electron chi connectivity index (χ3n) is 3.70. The summed E-state index contributed by atoms with van der Waals surface area (Å²) in [5, 5.41) is 4.26. The van der Waals surface area contributed by atoms with Gasteiger partial charge in [-0.25, -0.2) is 4.98 Å². The van der Waals surface area contributed by atoms with Crippen molar-refractivity contribution >= 4 is 11.6 Å². The Hall–Kier alpha value is -1.52. The average Bonchev–Trinajstić information content (AvgIpc) is 2.85. The molecule has 0 radical (unpaired) electrons. The summed E-state index contributed by atoms with van der Waals surface area (Å²) in [5.41, 5.74) is 2.23. The van der Waals surface area contributed by atoms with Crippen LogP contribution < -0.4 is 10.1 Å². The quantitative estimate of drug-likeness (QED) is 0.943. The number of rotatable bonds is 3. The van der Waals surface area contributed by atoms with Gasteiger partial charge in [-0.2, -0.15) is 0 Å². The molecule has 0 bridgehead atoms. The maximum atomic E-state index is 6.13. The minimum Gasteiger partial charge on any atom is -0.484 e. The number of imidazole rings is 1. The van der Waals surface area contributed by atoms with E-state index in [1.165, 1.54) is 0 Å². The summed E-state index contributed by atoms with van der Waals surface area (Å²) >= 11 is 6.11. The predicted molar refractivity (Wildman–Crippen MR) is 79.1 cm³/mol. The number of hydrogen-bond donors (Lipinski definition) is 1. The van der Waals surface area contributed by atoms with E-state index in [1.54, 1.807) is 6.33 Å². The monoisotopic (exact) mass is 291 g/mol. The van der Waals surface area contributed by atoms with Crippen LogP contribution in [-0.4, -0.2) is 16.1 Å². The molecule has 20 heavy (non-hydrogen) atoms. The van der Waals surface area contributed by atoms with Crippen LogP contribution in [-0.2, 0) is 7.05 Å². The molecule has 4 nitrogen and oxygen atoms in total. The molecule has 0 saturated carbocycles. The fourth-order valence-corrected chi connectivity index (χ4v) is 2.92. The van der Waals surface area contributed by atoms with E-state index < -0.39 is 0 Å². The standard InChI is InChI=1S/C15H18ClN3O/c1-3-18-12-7-15(13-8-17-9-19(13)2)20-14-5-4-10(16)6-11(12)14/h4-6,8-9,12,15,18H,3,7H2,1-2H3. The zero-order valence-corrected chi connectivity index (χ0v) is 12.4. The van der Waals surface area contributed by atoms with E-state index in [4.69, 9.17) is 16.3 Å². The van der Waals surface area contributed by atoms with Gasteiger partial charge in [-0.1, -0.05) is 18.5 Å². The van der Waals surface area contributed by atoms with Crippen LogP contribution in [0.1, 0.15) is 36.7 Å². The molecule has 0 aliphatic carbocycles. The van der Waals surface area contributed by atoms with Crippen molar-refractivity contribution in [3.63, 3.8) is 0 Å². The summed E-state index contributed by atoms with van der Waals surface area (Å²) in [7, 11) is 1.99. The molecule has 5 heteroatoms. The second-order valence-corrected chi connectivity index (χ2v) is 5.50. The van der Waals surface area contributed by atoms with Gasteiger partial charge in [0, 0.05) is 30.1 Å². The minimum absolute atomic E-state index is 0.0141. The normalized spacial score (nSPS) is 21.4. The molecule has 1 aliphatic heterocycles. The van der Waals surface area contributed by atoms with Gasteiger partial charge in [0.15, 0.2) is 0 Å². The number of halogens is 1. The second-order valence-electron chi connectivity index (χ2n) is 5.06. The van der Waals surface area contributed by atoms with Gasteiger partial charge in [-0.05, 0) is 24.7 Å². The Morgan fingerprint density at radius 1 is 1.50 bits per heavy atom. The Bertz CT molecular complexity index is 611. The van der Waals surface area contributed by atoms with Crippen molar-refractivity contribution in [1.29, 1.82) is 0 Å². The lowest BCUT2D eigenvalue weighted by Gasteiger charge is -2.32. The van der Waals surface area contributed by atoms with E-state index in [2.05, 4.69) is 17.2 Å². The van der Waals surface area contributed by atoms with Gasteiger partial charge in [0.25, 0.3) is 0 Å². The molecule has 1 aromatic heterocycles. The van der Waals surface area contributed by atoms with Gasteiger partial charge < -0.3 is 14.6 Å². The van der Waals surface area contributed by atoms with Gasteiger partial charge in [0.2, 0.25) is 0 Å². The number of aromatic nitrogens is 2. The first-order valence-corrected chi connectivity index (χ1v) is 7.22. The van der Waals surface area contributed by atoms with Crippen LogP contribution in [0, 0.1) is 0 Å². The highest BCUT2D eigenvalue weighted by Crippen LogP contribution is 2.41. The number of nitrogens with one attached hydrogen (secondary N) is 1. The first kappa shape index (κ1) is 13.5. The zero-order chi connectivity index (χ0) is 14.1. The average molecular weight is 292 g/mol. The molecule has 2 heterocycles. The smallest absolute Gasteiger partial charge is 0.142 e. The molecule has 3 rings (SSSR count). The summed E-state index contributed by atoms with van der Waals surface area (Å²) in [4.78, 5) is 4.18. The third-order valence-corrected chi connectivity index (χ3v) is 3.94. The molecular weight excluding hydrogens is 274 g/mol. The molecule has 1 N–H and O–H groups in total. The predicted octanol–water partition coefficient (Wildman–Crippen LogP) is 3.25. The molecule has 0 saturated heterocycles. The lowest BCUT2D eigenvalue weighted by atomic mass is 9.95. The van der Waals surface area contributed by atoms with E-state index in [9.17, 15) is 0 Å². The van der Waals surface area contributed by atoms with E-state index in [-0.39, 0.29) is 12.1 Å². The lowest BCUT2D eigenvalue weighted by molar-refractivity contribution is 0.145. The maximum absolute atomic E-state index is 6.13. The van der Waals surface area contributed by atoms with Gasteiger partial charge in [0.05, 0.1) is 18.2 Å². The third kappa shape index (κ3) is 2.41. The Labute approximate surface area is 123 Å². The topological polar surface area (TPSA) is 39.1 Å². The number of ether oxygens (including phenoxy) is 1. The molecule has 0 amide bonds. The fourth-order valence-electron chi connectivity index (χ4n) is 2.74. The summed E-state index contributed by atoms with van der Waals surface area (Å²) in [5.74, 6) is 0.901. The Morgan fingerprint density at radius 3 is 3.05 bits per heavy atom. The van der Waals surface area contributed by atoms with E-state index in [0.717, 1.165) is 35.0 Å². The zero-order valence-electron chi connectivity index (χ0n) is 11.6. The Kier molecular flexibility index (Phi) is 3.68. The molecule has 106 valence electrons. The number of benzene rings is 1. The number of aryl methyl sites for hydroxylation is 1. The summed E-state index contributed by atoms with van der Waals surface area (Å²) in [6, 6.07) is 6.06. The highest BCUT2D eigenvalue weighted by atomic mass is 35.5. The molecular formula is C15H18ClN3O. The van der Waals surface area contributed by atoms with Crippen molar-refractivity contribution in [3.05, 3.63) is 47.0 Å². The number of fused-ring (bicyclic) bond motifs is 1. The molecule has 1 aliphatic rings. The van der Waals surface area contributed by atoms with Crippen LogP contribution in [0.4, 0.5) is 0 Å². The lowest BCUT2D eigenvalue weighted by Crippen LogP contribution is -2.29. The highest BCUT2D eigenvalue weighted by Gasteiger charge is 2.30. The molecule has 1 aromatic carbocycles. The van der Waals surface area contributed by atoms with Crippen molar-refractivity contribution in [2.75, 3.05) is 6.54 Å². The van der Waals surface area contributed by atoms with E-state index >= 15 is 0 Å². The van der Waals surface area contributed by atoms with Crippen LogP contribution >= 0.6 is 11.6 Å². The van der Waals surface area contributed by atoms with E-state index in [1.807, 2.05) is 36.0 Å². The first-order valence-electron chi connectivity index (χ1n) is 6.84. The van der Waals surface area contributed by atoms with Crippen molar-refractivity contribution < 1.29 is 4.74 Å². The van der Waals surface area contributed by atoms with Crippen LogP contribution in [0.2, 0.25) is 5.02 Å². The van der Waals surface area contributed by atoms with Gasteiger partial charge >= 0.3 is 0 Å². The molecule has 0 spiro atoms. The maximum Gasteiger partial charge on any atom is 0.142 e. The number of hydrogen-bond acceptors (Lipinski definition) is 3. The summed E-state index contributed by atoms with van der Waals surface area (Å²) < 4.78 is 8.14. The number of nitrogens with zero attached hydrogens (tertiary/aromatic N) is 2. The molecule has 2 aromatic rings. The van der Waals surface area contributed by atoms with Gasteiger partial charge in [-0.3, -0.25) is 0 Å². The fraction of sp³-hybridized carbons (Fsp3) is 0.400. The largest absolute Gasteiger partial charge is 0.484 e. The van der Waals surface area contributed by atoms with Crippen molar-refractivity contribution in [1.82, 2.24) is 14.9 Å². The summed E-state index contributed by atoms with van der Waals surface area (Å²) in [6.07, 6.45) is 4.56. The van der Waals surface area contributed by atoms with Gasteiger partial charge in [-0.15, -0.1) is 0 Å². The Balaban J connectivity index is 1.96. The molecule has 0 fully saturated rings. The van der Waals surface area contributed by atoms with Crippen LogP contribution in [0.5, 0.6) is 5.75 Å². The van der Waals surface area contributed by atoms with Crippen LogP contribution in [0.3, 0.4) is 0 Å². The molecule has 2 atom stereocenters. The van der Waals surface area contributed by atoms with Crippen LogP contribution in [0.25, 0.3) is 0 Å². The van der Waals surface area contributed by atoms with E-state index in [0.29, 0.717) is 0 Å². The highest BCUT2D eigenvalue weighted by molar-refractivity contribution is 6.30. The SMILES string of the molecule is CCNC1CC(c2cncn2C)Oc2ccc(Cl)cc21. The van der Waals surface area contributed by atoms with Crippen LogP contribution in [0.15, 0.2) is 30.7 Å². The Morgan fingerprint density at radius 2 is 2.35 bits per heavy atom. The van der Waals surface area contributed by atoms with Crippen molar-refractivity contribution in [3.8, 4) is 5.75 Å². The second kappa shape index (κ2) is 5.46. The minimum atomic E-state index is 0.0141. The van der Waals surface area contributed by atoms with Crippen molar-refractivity contribution in [2.45, 2.75) is 25.5 Å². The first-order chi connectivity index (χ1) is 9.69.